The Bertz CT molecular complexity index is 2010. The molecule has 0 radical (unpaired) electrons. The number of aryl methyl sites for hydroxylation is 2. The van der Waals surface area contributed by atoms with Gasteiger partial charge < -0.3 is 4.57 Å². The molecule has 230 valence electrons. The van der Waals surface area contributed by atoms with E-state index in [-0.39, 0.29) is 11.4 Å². The largest absolute Gasteiger partial charge is 0.316 e. The van der Waals surface area contributed by atoms with Crippen molar-refractivity contribution in [2.45, 2.75) is 32.2 Å². The van der Waals surface area contributed by atoms with Crippen LogP contribution in [0.5, 0.6) is 0 Å². The number of benzene rings is 4. The van der Waals surface area contributed by atoms with Gasteiger partial charge >= 0.3 is 0 Å². The van der Waals surface area contributed by atoms with Gasteiger partial charge in [-0.25, -0.2) is 13.8 Å². The van der Waals surface area contributed by atoms with Crippen molar-refractivity contribution >= 4 is 62.6 Å². The van der Waals surface area contributed by atoms with Crippen LogP contribution in [0.25, 0.3) is 5.69 Å². The van der Waals surface area contributed by atoms with Crippen LogP contribution in [0.2, 0.25) is 15.1 Å². The van der Waals surface area contributed by atoms with Crippen LogP contribution in [-0.2, 0) is 16.6 Å². The quantitative estimate of drug-likeness (QED) is 0.125. The number of anilines is 1. The summed E-state index contributed by atoms with van der Waals surface area (Å²) in [6.45, 7) is 5.74. The van der Waals surface area contributed by atoms with Crippen LogP contribution in [-0.4, -0.2) is 25.1 Å². The minimum absolute atomic E-state index is 0.0325. The fourth-order valence-corrected chi connectivity index (χ4v) is 7.05. The number of nitrogens with zero attached hydrogens (tertiary/aromatic N) is 3. The van der Waals surface area contributed by atoms with Crippen LogP contribution in [0.3, 0.4) is 0 Å². The Morgan fingerprint density at radius 2 is 1.60 bits per heavy atom. The number of rotatable bonds is 9. The molecule has 0 bridgehead atoms. The van der Waals surface area contributed by atoms with Gasteiger partial charge in [-0.2, -0.15) is 5.10 Å². The fourth-order valence-electron chi connectivity index (χ4n) is 4.98. The van der Waals surface area contributed by atoms with Crippen LogP contribution in [0.1, 0.15) is 38.4 Å². The number of carbonyl (C=O) groups is 1. The van der Waals surface area contributed by atoms with Gasteiger partial charge in [-0.1, -0.05) is 77.3 Å². The molecule has 0 aliphatic carbocycles. The van der Waals surface area contributed by atoms with Crippen molar-refractivity contribution in [2.75, 3.05) is 4.31 Å². The monoisotopic (exact) mass is 678 g/mol. The topological polar surface area (TPSA) is 83.8 Å². The number of halogens is 3. The molecule has 0 saturated carbocycles. The summed E-state index contributed by atoms with van der Waals surface area (Å²) in [5, 5.41) is 5.49. The van der Waals surface area contributed by atoms with Crippen molar-refractivity contribution in [1.29, 1.82) is 0 Å². The number of nitrogens with one attached hydrogen (secondary N) is 1. The molecule has 0 saturated heterocycles. The highest BCUT2D eigenvalue weighted by molar-refractivity contribution is 7.92. The van der Waals surface area contributed by atoms with Gasteiger partial charge in [-0.05, 0) is 86.5 Å². The maximum Gasteiger partial charge on any atom is 0.271 e. The van der Waals surface area contributed by atoms with Crippen molar-refractivity contribution in [3.05, 3.63) is 146 Å². The molecule has 1 amide bonds. The Balaban J connectivity index is 1.33. The molecular weight excluding hydrogens is 651 g/mol. The van der Waals surface area contributed by atoms with E-state index in [9.17, 15) is 13.2 Å². The van der Waals surface area contributed by atoms with Gasteiger partial charge in [0.2, 0.25) is 0 Å². The Hall–Kier alpha value is -4.08. The number of amides is 1. The first kappa shape index (κ1) is 32.3. The lowest BCUT2D eigenvalue weighted by molar-refractivity contribution is 0.0955. The molecule has 4 aromatic carbocycles. The van der Waals surface area contributed by atoms with Crippen LogP contribution in [0, 0.1) is 20.8 Å². The second-order valence-corrected chi connectivity index (χ2v) is 13.5. The van der Waals surface area contributed by atoms with Crippen LogP contribution < -0.4 is 9.73 Å². The zero-order valence-electron chi connectivity index (χ0n) is 24.6. The standard InChI is InChI=1S/C34H29Cl3N4O3S/c1-22-12-17-28(35)19-32(22)40(45(43,44)29-8-5-4-6-9-29)21-25-13-15-26(16-14-25)34(42)39-38-20-27-18-23(2)41(24(27)3)31-11-7-10-30(36)33(31)37/h4-20H,21H2,1-3H3,(H,39,42)/b38-20+. The SMILES string of the molecule is Cc1ccc(Cl)cc1N(Cc1ccc(C(=O)N/N=C/c2cc(C)n(-c3cccc(Cl)c3Cl)c2C)cc1)S(=O)(=O)c1ccccc1. The number of aromatic nitrogens is 1. The number of hydrogen-bond donors (Lipinski definition) is 1. The molecule has 0 aliphatic heterocycles. The molecule has 11 heteroatoms. The first-order valence-corrected chi connectivity index (χ1v) is 16.4. The number of sulfonamides is 1. The molecule has 5 rings (SSSR count). The number of carbonyl (C=O) groups excluding carboxylic acids is 1. The molecule has 7 nitrogen and oxygen atoms in total. The summed E-state index contributed by atoms with van der Waals surface area (Å²) in [5.41, 5.74) is 8.19. The minimum Gasteiger partial charge on any atom is -0.316 e. The van der Waals surface area contributed by atoms with E-state index in [1.165, 1.54) is 4.31 Å². The highest BCUT2D eigenvalue weighted by atomic mass is 35.5. The van der Waals surface area contributed by atoms with E-state index in [4.69, 9.17) is 34.8 Å². The third-order valence-electron chi connectivity index (χ3n) is 7.33. The van der Waals surface area contributed by atoms with Gasteiger partial charge in [0.25, 0.3) is 15.9 Å². The van der Waals surface area contributed by atoms with E-state index in [0.29, 0.717) is 31.9 Å². The van der Waals surface area contributed by atoms with Crippen molar-refractivity contribution in [3.8, 4) is 5.69 Å². The summed E-state index contributed by atoms with van der Waals surface area (Å²) in [5.74, 6) is -0.413. The van der Waals surface area contributed by atoms with Crippen molar-refractivity contribution in [1.82, 2.24) is 9.99 Å². The molecule has 1 aromatic heterocycles. The maximum absolute atomic E-state index is 13.8. The van der Waals surface area contributed by atoms with Crippen molar-refractivity contribution in [3.63, 3.8) is 0 Å². The lowest BCUT2D eigenvalue weighted by atomic mass is 10.1. The molecule has 1 N–H and O–H groups in total. The molecular formula is C34H29Cl3N4O3S. The highest BCUT2D eigenvalue weighted by Gasteiger charge is 2.26. The zero-order valence-corrected chi connectivity index (χ0v) is 27.7. The fraction of sp³-hybridized carbons (Fsp3) is 0.118. The Morgan fingerprint density at radius 1 is 0.889 bits per heavy atom. The lowest BCUT2D eigenvalue weighted by Crippen LogP contribution is -2.31. The third-order valence-corrected chi connectivity index (χ3v) is 10.1. The molecule has 0 fully saturated rings. The molecule has 0 aliphatic rings. The summed E-state index contributed by atoms with van der Waals surface area (Å²) in [7, 11) is -3.92. The van der Waals surface area contributed by atoms with Crippen LogP contribution in [0.15, 0.2) is 107 Å². The van der Waals surface area contributed by atoms with Gasteiger partial charge in [0, 0.05) is 27.5 Å². The van der Waals surface area contributed by atoms with E-state index in [0.717, 1.165) is 28.2 Å². The van der Waals surface area contributed by atoms with Gasteiger partial charge in [-0.15, -0.1) is 0 Å². The van der Waals surface area contributed by atoms with Crippen molar-refractivity contribution < 1.29 is 13.2 Å². The number of hydrogen-bond acceptors (Lipinski definition) is 4. The second-order valence-electron chi connectivity index (χ2n) is 10.4. The lowest BCUT2D eigenvalue weighted by Gasteiger charge is -2.26. The predicted octanol–water partition coefficient (Wildman–Crippen LogP) is 8.52. The van der Waals surface area contributed by atoms with Gasteiger partial charge in [0.05, 0.1) is 39.1 Å². The maximum atomic E-state index is 13.8. The molecule has 45 heavy (non-hydrogen) atoms. The summed E-state index contributed by atoms with van der Waals surface area (Å²) >= 11 is 18.9. The van der Waals surface area contributed by atoms with Crippen molar-refractivity contribution in [2.24, 2.45) is 5.10 Å². The average molecular weight is 680 g/mol. The molecule has 5 aromatic rings. The van der Waals surface area contributed by atoms with Gasteiger partial charge in [-0.3, -0.25) is 9.10 Å². The summed E-state index contributed by atoms with van der Waals surface area (Å²) < 4.78 is 30.8. The van der Waals surface area contributed by atoms with Gasteiger partial charge in [0.15, 0.2) is 0 Å². The van der Waals surface area contributed by atoms with Crippen LogP contribution in [0.4, 0.5) is 5.69 Å². The molecule has 1 heterocycles. The first-order chi connectivity index (χ1) is 21.5. The summed E-state index contributed by atoms with van der Waals surface area (Å²) in [4.78, 5) is 13.1. The van der Waals surface area contributed by atoms with E-state index >= 15 is 0 Å². The van der Waals surface area contributed by atoms with E-state index in [1.54, 1.807) is 85.1 Å². The first-order valence-electron chi connectivity index (χ1n) is 13.9. The third kappa shape index (κ3) is 6.94. The normalized spacial score (nSPS) is 11.6. The van der Waals surface area contributed by atoms with E-state index in [2.05, 4.69) is 10.5 Å². The smallest absolute Gasteiger partial charge is 0.271 e. The molecule has 0 spiro atoms. The molecule has 0 unspecified atom stereocenters. The number of hydrazone groups is 1. The van der Waals surface area contributed by atoms with E-state index in [1.807, 2.05) is 43.5 Å². The minimum atomic E-state index is -3.92. The summed E-state index contributed by atoms with van der Waals surface area (Å²) in [6, 6.07) is 27.4. The second kappa shape index (κ2) is 13.5. The zero-order chi connectivity index (χ0) is 32.3. The van der Waals surface area contributed by atoms with Gasteiger partial charge in [0.1, 0.15) is 0 Å². The van der Waals surface area contributed by atoms with Crippen LogP contribution >= 0.6 is 34.8 Å². The average Bonchev–Trinajstić information content (AvgIpc) is 3.31. The molecule has 0 atom stereocenters. The Kier molecular flexibility index (Phi) is 9.70. The summed E-state index contributed by atoms with van der Waals surface area (Å²) in [6.07, 6.45) is 1.57. The Labute approximate surface area is 277 Å². The predicted molar refractivity (Wildman–Crippen MR) is 183 cm³/mol. The highest BCUT2D eigenvalue weighted by Crippen LogP contribution is 2.32. The van der Waals surface area contributed by atoms with E-state index < -0.39 is 15.9 Å². The Morgan fingerprint density at radius 3 is 2.31 bits per heavy atom.